The van der Waals surface area contributed by atoms with Crippen molar-refractivity contribution in [3.05, 3.63) is 29.8 Å². The monoisotopic (exact) mass is 229 g/mol. The van der Waals surface area contributed by atoms with Gasteiger partial charge in [0.1, 0.15) is 0 Å². The van der Waals surface area contributed by atoms with Gasteiger partial charge < -0.3 is 5.32 Å². The number of para-hydroxylation sites is 1. The molecule has 1 amide bonds. The van der Waals surface area contributed by atoms with Crippen LogP contribution in [0.1, 0.15) is 31.2 Å². The Balaban J connectivity index is 1.70. The van der Waals surface area contributed by atoms with Crippen LogP contribution in [0.2, 0.25) is 0 Å². The number of benzene rings is 1. The van der Waals surface area contributed by atoms with Gasteiger partial charge in [0.2, 0.25) is 5.91 Å². The standard InChI is InChI=1S/C15H19NO/c1-10-4-2-3-5-14(10)16-15(17)13-9-11-6-7-12(13)8-11/h2-5,11-13H,6-9H2,1H3,(H,16,17)/t11-,12-,13-/m0/s1. The van der Waals surface area contributed by atoms with Crippen molar-refractivity contribution in [3.8, 4) is 0 Å². The molecule has 2 saturated carbocycles. The lowest BCUT2D eigenvalue weighted by Crippen LogP contribution is -2.27. The van der Waals surface area contributed by atoms with Gasteiger partial charge in [0.15, 0.2) is 0 Å². The molecule has 1 aromatic carbocycles. The third-order valence-electron chi connectivity index (χ3n) is 4.48. The average molecular weight is 229 g/mol. The van der Waals surface area contributed by atoms with Crippen LogP contribution in [0.3, 0.4) is 0 Å². The zero-order valence-corrected chi connectivity index (χ0v) is 10.3. The van der Waals surface area contributed by atoms with Crippen molar-refractivity contribution in [1.29, 1.82) is 0 Å². The van der Waals surface area contributed by atoms with Crippen molar-refractivity contribution in [2.24, 2.45) is 17.8 Å². The molecule has 3 rings (SSSR count). The smallest absolute Gasteiger partial charge is 0.227 e. The number of hydrogen-bond acceptors (Lipinski definition) is 1. The molecule has 0 heterocycles. The second-order valence-corrected chi connectivity index (χ2v) is 5.59. The third kappa shape index (κ3) is 1.97. The molecule has 2 bridgehead atoms. The van der Waals surface area contributed by atoms with Crippen LogP contribution in [-0.2, 0) is 4.79 Å². The lowest BCUT2D eigenvalue weighted by molar-refractivity contribution is -0.121. The van der Waals surface area contributed by atoms with E-state index in [0.29, 0.717) is 5.92 Å². The van der Waals surface area contributed by atoms with Crippen molar-refractivity contribution in [2.75, 3.05) is 5.32 Å². The average Bonchev–Trinajstić information content (AvgIpc) is 2.94. The number of hydrogen-bond donors (Lipinski definition) is 1. The van der Waals surface area contributed by atoms with Crippen LogP contribution in [-0.4, -0.2) is 5.91 Å². The second kappa shape index (κ2) is 4.17. The molecule has 17 heavy (non-hydrogen) atoms. The van der Waals surface area contributed by atoms with E-state index < -0.39 is 0 Å². The van der Waals surface area contributed by atoms with Crippen molar-refractivity contribution in [2.45, 2.75) is 32.6 Å². The molecule has 1 N–H and O–H groups in total. The van der Waals surface area contributed by atoms with Crippen LogP contribution >= 0.6 is 0 Å². The van der Waals surface area contributed by atoms with Gasteiger partial charge in [-0.15, -0.1) is 0 Å². The molecule has 0 unspecified atom stereocenters. The highest BCUT2D eigenvalue weighted by molar-refractivity contribution is 5.93. The number of nitrogens with one attached hydrogen (secondary N) is 1. The van der Waals surface area contributed by atoms with Crippen LogP contribution in [0, 0.1) is 24.7 Å². The number of aryl methyl sites for hydroxylation is 1. The molecule has 90 valence electrons. The molecule has 0 aliphatic heterocycles. The maximum Gasteiger partial charge on any atom is 0.227 e. The summed E-state index contributed by atoms with van der Waals surface area (Å²) in [5.41, 5.74) is 2.12. The van der Waals surface area contributed by atoms with E-state index in [4.69, 9.17) is 0 Å². The van der Waals surface area contributed by atoms with Gasteiger partial charge in [0.25, 0.3) is 0 Å². The van der Waals surface area contributed by atoms with E-state index in [2.05, 4.69) is 5.32 Å². The minimum absolute atomic E-state index is 0.242. The zero-order chi connectivity index (χ0) is 11.8. The fourth-order valence-electron chi connectivity index (χ4n) is 3.50. The topological polar surface area (TPSA) is 29.1 Å². The van der Waals surface area contributed by atoms with Gasteiger partial charge in [0, 0.05) is 11.6 Å². The van der Waals surface area contributed by atoms with Crippen LogP contribution in [0.4, 0.5) is 5.69 Å². The first kappa shape index (κ1) is 10.8. The summed E-state index contributed by atoms with van der Waals surface area (Å²) < 4.78 is 0. The SMILES string of the molecule is Cc1ccccc1NC(=O)[C@H]1C[C@H]2CC[C@H]1C2. The Hall–Kier alpha value is -1.31. The normalized spacial score (nSPS) is 30.5. The van der Waals surface area contributed by atoms with E-state index in [1.54, 1.807) is 0 Å². The predicted octanol–water partition coefficient (Wildman–Crippen LogP) is 3.37. The molecule has 2 nitrogen and oxygen atoms in total. The van der Waals surface area contributed by atoms with Crippen molar-refractivity contribution < 1.29 is 4.79 Å². The molecule has 2 aliphatic rings. The molecule has 0 aromatic heterocycles. The number of fused-ring (bicyclic) bond motifs is 2. The number of rotatable bonds is 2. The Morgan fingerprint density at radius 2 is 2.06 bits per heavy atom. The number of anilines is 1. The molecule has 0 spiro atoms. The van der Waals surface area contributed by atoms with E-state index >= 15 is 0 Å². The Kier molecular flexibility index (Phi) is 2.65. The molecule has 0 saturated heterocycles. The molecule has 3 atom stereocenters. The first-order valence-electron chi connectivity index (χ1n) is 6.60. The summed E-state index contributed by atoms with van der Waals surface area (Å²) >= 11 is 0. The fourth-order valence-corrected chi connectivity index (χ4v) is 3.50. The molecule has 0 radical (unpaired) electrons. The van der Waals surface area contributed by atoms with E-state index in [1.165, 1.54) is 19.3 Å². The van der Waals surface area contributed by atoms with Gasteiger partial charge in [0.05, 0.1) is 0 Å². The predicted molar refractivity (Wildman–Crippen MR) is 68.7 cm³/mol. The first-order chi connectivity index (χ1) is 8.24. The van der Waals surface area contributed by atoms with Crippen LogP contribution in [0.25, 0.3) is 0 Å². The second-order valence-electron chi connectivity index (χ2n) is 5.59. The highest BCUT2D eigenvalue weighted by Crippen LogP contribution is 2.48. The number of carbonyl (C=O) groups is 1. The Morgan fingerprint density at radius 3 is 2.71 bits per heavy atom. The fraction of sp³-hybridized carbons (Fsp3) is 0.533. The van der Waals surface area contributed by atoms with Crippen molar-refractivity contribution in [3.63, 3.8) is 0 Å². The van der Waals surface area contributed by atoms with Crippen molar-refractivity contribution >= 4 is 11.6 Å². The Labute approximate surface area is 102 Å². The Bertz CT molecular complexity index is 440. The zero-order valence-electron chi connectivity index (χ0n) is 10.3. The maximum atomic E-state index is 12.2. The summed E-state index contributed by atoms with van der Waals surface area (Å²) in [5.74, 6) is 2.00. The minimum atomic E-state index is 0.242. The third-order valence-corrected chi connectivity index (χ3v) is 4.48. The summed E-state index contributed by atoms with van der Waals surface area (Å²) in [6.07, 6.45) is 5.00. The summed E-state index contributed by atoms with van der Waals surface area (Å²) in [6.45, 7) is 2.04. The van der Waals surface area contributed by atoms with Crippen LogP contribution in [0.5, 0.6) is 0 Å². The first-order valence-corrected chi connectivity index (χ1v) is 6.60. The quantitative estimate of drug-likeness (QED) is 0.827. The van der Waals surface area contributed by atoms with Gasteiger partial charge in [-0.3, -0.25) is 4.79 Å². The Morgan fingerprint density at radius 1 is 1.24 bits per heavy atom. The lowest BCUT2D eigenvalue weighted by Gasteiger charge is -2.21. The summed E-state index contributed by atoms with van der Waals surface area (Å²) in [5, 5.41) is 3.10. The van der Waals surface area contributed by atoms with Crippen LogP contribution in [0.15, 0.2) is 24.3 Å². The highest BCUT2D eigenvalue weighted by Gasteiger charge is 2.42. The van der Waals surface area contributed by atoms with Crippen LogP contribution < -0.4 is 5.32 Å². The summed E-state index contributed by atoms with van der Waals surface area (Å²) in [4.78, 5) is 12.2. The number of amides is 1. The number of carbonyl (C=O) groups excluding carboxylic acids is 1. The lowest BCUT2D eigenvalue weighted by atomic mass is 9.88. The molecule has 1 aromatic rings. The van der Waals surface area contributed by atoms with Gasteiger partial charge in [-0.1, -0.05) is 24.6 Å². The van der Waals surface area contributed by atoms with Crippen molar-refractivity contribution in [1.82, 2.24) is 0 Å². The van der Waals surface area contributed by atoms with E-state index in [-0.39, 0.29) is 11.8 Å². The maximum absolute atomic E-state index is 12.2. The van der Waals surface area contributed by atoms with Gasteiger partial charge >= 0.3 is 0 Å². The summed E-state index contributed by atoms with van der Waals surface area (Å²) in [7, 11) is 0. The molecule has 2 fully saturated rings. The highest BCUT2D eigenvalue weighted by atomic mass is 16.1. The minimum Gasteiger partial charge on any atom is -0.326 e. The van der Waals surface area contributed by atoms with E-state index in [0.717, 1.165) is 23.6 Å². The molecular formula is C15H19NO. The largest absolute Gasteiger partial charge is 0.326 e. The van der Waals surface area contributed by atoms with Gasteiger partial charge in [-0.25, -0.2) is 0 Å². The molecule has 2 heteroatoms. The van der Waals surface area contributed by atoms with Gasteiger partial charge in [-0.05, 0) is 49.7 Å². The molecular weight excluding hydrogens is 210 g/mol. The van der Waals surface area contributed by atoms with E-state index in [9.17, 15) is 4.79 Å². The summed E-state index contributed by atoms with van der Waals surface area (Å²) in [6, 6.07) is 8.00. The molecule has 2 aliphatic carbocycles. The van der Waals surface area contributed by atoms with Gasteiger partial charge in [-0.2, -0.15) is 0 Å². The van der Waals surface area contributed by atoms with E-state index in [1.807, 2.05) is 31.2 Å².